The van der Waals surface area contributed by atoms with E-state index in [1.54, 1.807) is 0 Å². The summed E-state index contributed by atoms with van der Waals surface area (Å²) in [6, 6.07) is 0. The Balaban J connectivity index is 3.35. The van der Waals surface area contributed by atoms with E-state index in [9.17, 15) is 0 Å². The summed E-state index contributed by atoms with van der Waals surface area (Å²) in [6.07, 6.45) is 0. The van der Waals surface area contributed by atoms with Crippen molar-refractivity contribution in [3.63, 3.8) is 0 Å². The van der Waals surface area contributed by atoms with Crippen LogP contribution >= 0.6 is 0 Å². The maximum Gasteiger partial charge on any atom is 0.112 e. The molecule has 0 N–H and O–H groups in total. The van der Waals surface area contributed by atoms with Crippen LogP contribution in [0.4, 0.5) is 0 Å². The van der Waals surface area contributed by atoms with E-state index in [2.05, 4.69) is 27.7 Å². The molecular weight excluding hydrogens is 116 g/mol. The molecule has 0 aromatic heterocycles. The molecule has 0 aromatic rings. The van der Waals surface area contributed by atoms with Crippen LogP contribution in [0, 0.1) is 0 Å². The number of hydrogen-bond acceptors (Lipinski definition) is 0. The van der Waals surface area contributed by atoms with Crippen molar-refractivity contribution >= 4 is 10.9 Å². The van der Waals surface area contributed by atoms with Gasteiger partial charge in [0.05, 0.1) is 0 Å². The van der Waals surface area contributed by atoms with Crippen LogP contribution in [0.2, 0.25) is 0 Å². The van der Waals surface area contributed by atoms with E-state index >= 15 is 0 Å². The summed E-state index contributed by atoms with van der Waals surface area (Å²) in [5.41, 5.74) is 0. The lowest BCUT2D eigenvalue weighted by atomic mass is 10.6. The molecule has 0 rings (SSSR count). The summed E-state index contributed by atoms with van der Waals surface area (Å²) >= 11 is 0. The van der Waals surface area contributed by atoms with Crippen molar-refractivity contribution in [2.24, 2.45) is 0 Å². The molecule has 8 heavy (non-hydrogen) atoms. The van der Waals surface area contributed by atoms with E-state index in [1.165, 1.54) is 11.5 Å². The lowest BCUT2D eigenvalue weighted by molar-refractivity contribution is 1.08. The monoisotopic (exact) mass is 133 g/mol. The molecule has 50 valence electrons. The van der Waals surface area contributed by atoms with Crippen molar-refractivity contribution in [2.75, 3.05) is 11.5 Å². The van der Waals surface area contributed by atoms with Gasteiger partial charge in [-0.1, -0.05) is 0 Å². The highest BCUT2D eigenvalue weighted by Crippen LogP contribution is 2.03. The SMILES string of the molecule is CC[S+](CC)C(C)C. The Bertz CT molecular complexity index is 46.3. The Morgan fingerprint density at radius 1 is 1.12 bits per heavy atom. The second-order valence-electron chi connectivity index (χ2n) is 2.16. The fraction of sp³-hybridized carbons (Fsp3) is 1.00. The Hall–Kier alpha value is 0.350. The van der Waals surface area contributed by atoms with E-state index in [1.807, 2.05) is 0 Å². The largest absolute Gasteiger partial charge is 0.112 e. The fourth-order valence-corrected chi connectivity index (χ4v) is 2.61. The minimum absolute atomic E-state index is 0.710. The lowest BCUT2D eigenvalue weighted by Gasteiger charge is -2.05. The molecule has 0 aromatic carbocycles. The Morgan fingerprint density at radius 2 is 1.50 bits per heavy atom. The van der Waals surface area contributed by atoms with Gasteiger partial charge in [-0.15, -0.1) is 0 Å². The molecule has 0 fully saturated rings. The first-order chi connectivity index (χ1) is 3.72. The van der Waals surface area contributed by atoms with Gasteiger partial charge in [0.2, 0.25) is 0 Å². The summed E-state index contributed by atoms with van der Waals surface area (Å²) in [7, 11) is 0.710. The average molecular weight is 133 g/mol. The van der Waals surface area contributed by atoms with Gasteiger partial charge in [0.15, 0.2) is 0 Å². The van der Waals surface area contributed by atoms with Gasteiger partial charge in [0, 0.05) is 0 Å². The topological polar surface area (TPSA) is 0 Å². The molecule has 0 amide bonds. The first-order valence-electron chi connectivity index (χ1n) is 3.38. The molecular formula is C7H17S+. The highest BCUT2D eigenvalue weighted by Gasteiger charge is 2.15. The van der Waals surface area contributed by atoms with Crippen LogP contribution in [-0.2, 0) is 10.9 Å². The third kappa shape index (κ3) is 2.61. The van der Waals surface area contributed by atoms with Crippen LogP contribution in [0.1, 0.15) is 27.7 Å². The van der Waals surface area contributed by atoms with Crippen molar-refractivity contribution in [1.29, 1.82) is 0 Å². The molecule has 0 nitrogen and oxygen atoms in total. The van der Waals surface area contributed by atoms with Gasteiger partial charge in [-0.05, 0) is 38.6 Å². The minimum atomic E-state index is 0.710. The normalized spacial score (nSPS) is 11.2. The van der Waals surface area contributed by atoms with Crippen molar-refractivity contribution in [3.8, 4) is 0 Å². The number of hydrogen-bond donors (Lipinski definition) is 0. The first-order valence-corrected chi connectivity index (χ1v) is 5.01. The quantitative estimate of drug-likeness (QED) is 0.517. The van der Waals surface area contributed by atoms with Crippen LogP contribution in [0.5, 0.6) is 0 Å². The fourth-order valence-electron chi connectivity index (χ4n) is 0.871. The molecule has 0 heterocycles. The Morgan fingerprint density at radius 3 is 1.50 bits per heavy atom. The maximum absolute atomic E-state index is 2.32. The minimum Gasteiger partial charge on any atom is -0.0198 e. The van der Waals surface area contributed by atoms with Crippen molar-refractivity contribution in [3.05, 3.63) is 0 Å². The summed E-state index contributed by atoms with van der Waals surface area (Å²) in [5.74, 6) is 2.74. The van der Waals surface area contributed by atoms with E-state index in [-0.39, 0.29) is 0 Å². The second-order valence-corrected chi connectivity index (χ2v) is 5.34. The molecule has 0 spiro atoms. The predicted octanol–water partition coefficient (Wildman–Crippen LogP) is 2.05. The van der Waals surface area contributed by atoms with Crippen LogP contribution in [-0.4, -0.2) is 16.8 Å². The van der Waals surface area contributed by atoms with Crippen LogP contribution in [0.3, 0.4) is 0 Å². The third-order valence-corrected chi connectivity index (χ3v) is 4.22. The van der Waals surface area contributed by atoms with Crippen molar-refractivity contribution in [1.82, 2.24) is 0 Å². The van der Waals surface area contributed by atoms with Crippen molar-refractivity contribution < 1.29 is 0 Å². The van der Waals surface area contributed by atoms with Crippen LogP contribution < -0.4 is 0 Å². The van der Waals surface area contributed by atoms with Gasteiger partial charge in [0.25, 0.3) is 0 Å². The van der Waals surface area contributed by atoms with E-state index < -0.39 is 0 Å². The zero-order valence-corrected chi connectivity index (χ0v) is 7.22. The van der Waals surface area contributed by atoms with E-state index in [4.69, 9.17) is 0 Å². The molecule has 0 saturated heterocycles. The maximum atomic E-state index is 2.32. The summed E-state index contributed by atoms with van der Waals surface area (Å²) in [6.45, 7) is 9.20. The molecule has 0 aliphatic carbocycles. The first kappa shape index (κ1) is 8.35. The zero-order chi connectivity index (χ0) is 6.57. The van der Waals surface area contributed by atoms with Gasteiger partial charge in [-0.3, -0.25) is 0 Å². The molecule has 0 atom stereocenters. The summed E-state index contributed by atoms with van der Waals surface area (Å²) in [5, 5.41) is 0.907. The van der Waals surface area contributed by atoms with Gasteiger partial charge in [-0.25, -0.2) is 0 Å². The van der Waals surface area contributed by atoms with E-state index in [0.717, 1.165) is 5.25 Å². The smallest absolute Gasteiger partial charge is 0.0198 e. The molecule has 0 aliphatic rings. The summed E-state index contributed by atoms with van der Waals surface area (Å²) in [4.78, 5) is 0. The molecule has 1 heteroatoms. The van der Waals surface area contributed by atoms with Gasteiger partial charge >= 0.3 is 0 Å². The standard InChI is InChI=1S/C7H17S/c1-5-8(6-2)7(3)4/h7H,5-6H2,1-4H3/q+1. The molecule has 0 radical (unpaired) electrons. The highest BCUT2D eigenvalue weighted by atomic mass is 32.2. The summed E-state index contributed by atoms with van der Waals surface area (Å²) < 4.78 is 0. The Labute approximate surface area is 56.0 Å². The molecule has 0 unspecified atom stereocenters. The lowest BCUT2D eigenvalue weighted by Crippen LogP contribution is -2.18. The zero-order valence-electron chi connectivity index (χ0n) is 6.40. The molecule has 0 saturated carbocycles. The van der Waals surface area contributed by atoms with Crippen molar-refractivity contribution in [2.45, 2.75) is 32.9 Å². The van der Waals surface area contributed by atoms with Gasteiger partial charge in [0.1, 0.15) is 16.8 Å². The van der Waals surface area contributed by atoms with Gasteiger partial charge < -0.3 is 0 Å². The van der Waals surface area contributed by atoms with Crippen LogP contribution in [0.15, 0.2) is 0 Å². The second kappa shape index (κ2) is 4.25. The molecule has 0 aliphatic heterocycles. The number of rotatable bonds is 3. The van der Waals surface area contributed by atoms with Crippen LogP contribution in [0.25, 0.3) is 0 Å². The molecule has 0 bridgehead atoms. The Kier molecular flexibility index (Phi) is 4.44. The average Bonchev–Trinajstić information content (AvgIpc) is 1.69. The van der Waals surface area contributed by atoms with E-state index in [0.29, 0.717) is 10.9 Å². The highest BCUT2D eigenvalue weighted by molar-refractivity contribution is 7.97. The van der Waals surface area contributed by atoms with Gasteiger partial charge in [-0.2, -0.15) is 0 Å². The third-order valence-electron chi connectivity index (χ3n) is 1.41. The predicted molar refractivity (Wildman–Crippen MR) is 43.6 cm³/mol.